The monoisotopic (exact) mass is 326 g/mol. The molecule has 3 rings (SSSR count). The number of likely N-dealkylation sites (tertiary alicyclic amines) is 1. The Morgan fingerprint density at radius 1 is 1.36 bits per heavy atom. The maximum absolute atomic E-state index is 13.0. The highest BCUT2D eigenvalue weighted by Crippen LogP contribution is 2.25. The summed E-state index contributed by atoms with van der Waals surface area (Å²) >= 11 is 5.86. The molecule has 0 bridgehead atoms. The zero-order chi connectivity index (χ0) is 15.9. The van der Waals surface area contributed by atoms with Crippen LogP contribution in [0.1, 0.15) is 10.4 Å². The lowest BCUT2D eigenvalue weighted by Crippen LogP contribution is -2.54. The summed E-state index contributed by atoms with van der Waals surface area (Å²) in [4.78, 5) is 37.6. The highest BCUT2D eigenvalue weighted by Gasteiger charge is 2.38. The molecule has 0 unspecified atom stereocenters. The van der Waals surface area contributed by atoms with E-state index in [1.54, 1.807) is 0 Å². The predicted octanol–water partition coefficient (Wildman–Crippen LogP) is 1.53. The molecule has 1 aromatic carbocycles. The summed E-state index contributed by atoms with van der Waals surface area (Å²) in [6, 6.07) is 3.61. The average Bonchev–Trinajstić information content (AvgIpc) is 2.72. The summed E-state index contributed by atoms with van der Waals surface area (Å²) in [6.45, 7) is 0.825. The molecule has 8 heteroatoms. The second kappa shape index (κ2) is 5.57. The molecule has 0 radical (unpaired) electrons. The van der Waals surface area contributed by atoms with E-state index in [0.717, 1.165) is 11.0 Å². The molecule has 0 atom stereocenters. The van der Waals surface area contributed by atoms with Crippen molar-refractivity contribution >= 4 is 29.5 Å². The molecule has 3 amide bonds. The molecular weight excluding hydrogens is 315 g/mol. The second-order valence-electron chi connectivity index (χ2n) is 5.26. The van der Waals surface area contributed by atoms with E-state index in [1.807, 2.05) is 0 Å². The minimum absolute atomic E-state index is 0.0118. The van der Waals surface area contributed by atoms with Crippen LogP contribution in [0.15, 0.2) is 18.2 Å². The van der Waals surface area contributed by atoms with Gasteiger partial charge in [0.25, 0.3) is 11.8 Å². The molecule has 2 aliphatic rings. The van der Waals surface area contributed by atoms with Gasteiger partial charge in [0.05, 0.1) is 10.6 Å². The van der Waals surface area contributed by atoms with Gasteiger partial charge in [-0.25, -0.2) is 14.1 Å². The van der Waals surface area contributed by atoms with E-state index in [1.165, 1.54) is 17.0 Å². The molecule has 0 spiro atoms. The van der Waals surface area contributed by atoms with Crippen molar-refractivity contribution < 1.29 is 23.5 Å². The summed E-state index contributed by atoms with van der Waals surface area (Å²) in [5.74, 6) is -1.15. The van der Waals surface area contributed by atoms with E-state index < -0.39 is 11.9 Å². The van der Waals surface area contributed by atoms with Gasteiger partial charge in [-0.15, -0.1) is 0 Å². The standard InChI is InChI=1S/C14H12ClFN2O4/c15-11-3-9(16)1-2-10(11)13(20)17-4-8(5-17)6-18-12(19)7-22-14(18)21/h1-3,8H,4-7H2. The number of halogens is 2. The Morgan fingerprint density at radius 2 is 2.09 bits per heavy atom. The predicted molar refractivity (Wildman–Crippen MR) is 73.9 cm³/mol. The lowest BCUT2D eigenvalue weighted by Gasteiger charge is -2.40. The Morgan fingerprint density at radius 3 is 2.68 bits per heavy atom. The number of rotatable bonds is 3. The van der Waals surface area contributed by atoms with Crippen LogP contribution >= 0.6 is 11.6 Å². The molecule has 2 saturated heterocycles. The zero-order valence-corrected chi connectivity index (χ0v) is 12.2. The van der Waals surface area contributed by atoms with Gasteiger partial charge in [0.2, 0.25) is 0 Å². The van der Waals surface area contributed by atoms with Crippen LogP contribution in [0.25, 0.3) is 0 Å². The normalized spacial score (nSPS) is 18.5. The first kappa shape index (κ1) is 14.8. The number of ether oxygens (including phenoxy) is 1. The summed E-state index contributed by atoms with van der Waals surface area (Å²) in [7, 11) is 0. The average molecular weight is 327 g/mol. The van der Waals surface area contributed by atoms with E-state index in [4.69, 9.17) is 11.6 Å². The van der Waals surface area contributed by atoms with Crippen LogP contribution in [0.4, 0.5) is 9.18 Å². The quantitative estimate of drug-likeness (QED) is 0.845. The van der Waals surface area contributed by atoms with Crippen molar-refractivity contribution in [3.05, 3.63) is 34.6 Å². The Balaban J connectivity index is 1.58. The third kappa shape index (κ3) is 2.64. The summed E-state index contributed by atoms with van der Waals surface area (Å²) in [5, 5.41) is 0.0618. The first-order valence-corrected chi connectivity index (χ1v) is 7.05. The van der Waals surface area contributed by atoms with Gasteiger partial charge in [0.1, 0.15) is 5.82 Å². The molecule has 6 nitrogen and oxygen atoms in total. The van der Waals surface area contributed by atoms with Gasteiger partial charge in [-0.3, -0.25) is 9.59 Å². The third-order valence-electron chi connectivity index (χ3n) is 3.69. The Kier molecular flexibility index (Phi) is 3.74. The second-order valence-corrected chi connectivity index (χ2v) is 5.67. The molecule has 0 saturated carbocycles. The van der Waals surface area contributed by atoms with Gasteiger partial charge in [-0.1, -0.05) is 11.6 Å². The number of nitrogens with zero attached hydrogens (tertiary/aromatic N) is 2. The number of hydrogen-bond acceptors (Lipinski definition) is 4. The van der Waals surface area contributed by atoms with Gasteiger partial charge in [-0.05, 0) is 18.2 Å². The molecule has 22 heavy (non-hydrogen) atoms. The van der Waals surface area contributed by atoms with Gasteiger partial charge in [0, 0.05) is 25.6 Å². The number of benzene rings is 1. The van der Waals surface area contributed by atoms with E-state index in [2.05, 4.69) is 4.74 Å². The molecular formula is C14H12ClFN2O4. The van der Waals surface area contributed by atoms with Crippen molar-refractivity contribution in [1.82, 2.24) is 9.80 Å². The molecule has 116 valence electrons. The van der Waals surface area contributed by atoms with Crippen LogP contribution in [0.3, 0.4) is 0 Å². The fourth-order valence-corrected chi connectivity index (χ4v) is 2.75. The van der Waals surface area contributed by atoms with Crippen molar-refractivity contribution in [2.24, 2.45) is 5.92 Å². The summed E-state index contributed by atoms with van der Waals surface area (Å²) in [6.07, 6.45) is -0.642. The minimum atomic E-state index is -0.642. The van der Waals surface area contributed by atoms with Crippen molar-refractivity contribution in [3.8, 4) is 0 Å². The number of cyclic esters (lactones) is 1. The van der Waals surface area contributed by atoms with E-state index in [-0.39, 0.29) is 41.5 Å². The Bertz CT molecular complexity index is 644. The molecule has 2 fully saturated rings. The molecule has 2 aliphatic heterocycles. The van der Waals surface area contributed by atoms with Crippen LogP contribution in [0.5, 0.6) is 0 Å². The molecule has 0 aromatic heterocycles. The van der Waals surface area contributed by atoms with Gasteiger partial charge in [0.15, 0.2) is 6.61 Å². The topological polar surface area (TPSA) is 66.9 Å². The van der Waals surface area contributed by atoms with Crippen LogP contribution in [-0.2, 0) is 9.53 Å². The van der Waals surface area contributed by atoms with E-state index in [0.29, 0.717) is 13.1 Å². The van der Waals surface area contributed by atoms with Gasteiger partial charge < -0.3 is 9.64 Å². The van der Waals surface area contributed by atoms with Crippen LogP contribution in [-0.4, -0.2) is 53.9 Å². The van der Waals surface area contributed by atoms with E-state index >= 15 is 0 Å². The Labute approximate surface area is 130 Å². The highest BCUT2D eigenvalue weighted by atomic mass is 35.5. The van der Waals surface area contributed by atoms with Crippen LogP contribution in [0.2, 0.25) is 5.02 Å². The third-order valence-corrected chi connectivity index (χ3v) is 4.00. The van der Waals surface area contributed by atoms with Gasteiger partial charge in [-0.2, -0.15) is 0 Å². The highest BCUT2D eigenvalue weighted by molar-refractivity contribution is 6.33. The Hall–Kier alpha value is -2.15. The number of carbonyl (C=O) groups is 3. The molecule has 1 aromatic rings. The zero-order valence-electron chi connectivity index (χ0n) is 11.4. The van der Waals surface area contributed by atoms with Crippen LogP contribution in [0, 0.1) is 11.7 Å². The fourth-order valence-electron chi connectivity index (χ4n) is 2.50. The maximum atomic E-state index is 13.0. The summed E-state index contributed by atoms with van der Waals surface area (Å²) in [5.41, 5.74) is 0.234. The van der Waals surface area contributed by atoms with Crippen molar-refractivity contribution in [2.75, 3.05) is 26.2 Å². The first-order valence-electron chi connectivity index (χ1n) is 6.67. The minimum Gasteiger partial charge on any atom is -0.439 e. The SMILES string of the molecule is O=C(c1ccc(F)cc1Cl)N1CC(CN2C(=O)COC2=O)C1. The van der Waals surface area contributed by atoms with E-state index in [9.17, 15) is 18.8 Å². The number of hydrogen-bond donors (Lipinski definition) is 0. The lowest BCUT2D eigenvalue weighted by molar-refractivity contribution is -0.126. The van der Waals surface area contributed by atoms with Gasteiger partial charge >= 0.3 is 6.09 Å². The largest absolute Gasteiger partial charge is 0.439 e. The smallest absolute Gasteiger partial charge is 0.417 e. The molecule has 2 heterocycles. The number of carbonyl (C=O) groups excluding carboxylic acids is 3. The van der Waals surface area contributed by atoms with Crippen LogP contribution < -0.4 is 0 Å². The lowest BCUT2D eigenvalue weighted by atomic mass is 9.98. The molecule has 0 aliphatic carbocycles. The van der Waals surface area contributed by atoms with Crippen molar-refractivity contribution in [3.63, 3.8) is 0 Å². The van der Waals surface area contributed by atoms with Crippen molar-refractivity contribution in [1.29, 1.82) is 0 Å². The number of amides is 3. The summed E-state index contributed by atoms with van der Waals surface area (Å²) < 4.78 is 17.6. The van der Waals surface area contributed by atoms with Crippen molar-refractivity contribution in [2.45, 2.75) is 0 Å². The maximum Gasteiger partial charge on any atom is 0.417 e. The molecule has 0 N–H and O–H groups in total. The first-order chi connectivity index (χ1) is 10.5. The fraction of sp³-hybridized carbons (Fsp3) is 0.357. The number of imide groups is 1.